The predicted octanol–water partition coefficient (Wildman–Crippen LogP) is 1.38. The molecule has 1 aliphatic heterocycles. The molecule has 0 radical (unpaired) electrons. The molecule has 92 valence electrons. The van der Waals surface area contributed by atoms with Crippen molar-refractivity contribution in [2.75, 3.05) is 31.2 Å². The predicted molar refractivity (Wildman–Crippen MR) is 69.7 cm³/mol. The van der Waals surface area contributed by atoms with Crippen molar-refractivity contribution in [3.63, 3.8) is 0 Å². The Morgan fingerprint density at radius 1 is 1.41 bits per heavy atom. The maximum absolute atomic E-state index is 8.83. The average Bonchev–Trinajstić information content (AvgIpc) is 2.38. The fraction of sp³-hybridized carbons (Fsp3) is 0.364. The summed E-state index contributed by atoms with van der Waals surface area (Å²) in [7, 11) is 0. The molecule has 17 heavy (non-hydrogen) atoms. The highest BCUT2D eigenvalue weighted by Crippen LogP contribution is 2.28. The fourth-order valence-corrected chi connectivity index (χ4v) is 2.44. The smallest absolute Gasteiger partial charge is 0.173 e. The van der Waals surface area contributed by atoms with Crippen molar-refractivity contribution in [1.29, 1.82) is 0 Å². The number of rotatable bonds is 2. The van der Waals surface area contributed by atoms with Gasteiger partial charge in [-0.25, -0.2) is 0 Å². The number of nitrogens with two attached hydrogens (primary N) is 1. The van der Waals surface area contributed by atoms with Gasteiger partial charge in [-0.15, -0.1) is 0 Å². The van der Waals surface area contributed by atoms with Crippen molar-refractivity contribution < 1.29 is 9.94 Å². The zero-order valence-electron chi connectivity index (χ0n) is 9.27. The Kier molecular flexibility index (Phi) is 3.86. The standard InChI is InChI=1S/C11H14BrN3O2/c12-8-2-1-3-9(10(8)11(13)14-16)15-4-6-17-7-5-15/h1-3,16H,4-7H2,(H2,13,14). The van der Waals surface area contributed by atoms with E-state index in [1.54, 1.807) is 0 Å². The molecule has 0 bridgehead atoms. The van der Waals surface area contributed by atoms with Crippen LogP contribution in [-0.2, 0) is 4.74 Å². The number of ether oxygens (including phenoxy) is 1. The van der Waals surface area contributed by atoms with Crippen molar-refractivity contribution in [3.8, 4) is 0 Å². The first-order chi connectivity index (χ1) is 8.24. The fourth-order valence-electron chi connectivity index (χ4n) is 1.88. The van der Waals surface area contributed by atoms with E-state index in [4.69, 9.17) is 15.7 Å². The van der Waals surface area contributed by atoms with Crippen LogP contribution in [-0.4, -0.2) is 37.3 Å². The van der Waals surface area contributed by atoms with Gasteiger partial charge in [0.25, 0.3) is 0 Å². The first-order valence-corrected chi connectivity index (χ1v) is 6.12. The second kappa shape index (κ2) is 5.37. The third kappa shape index (κ3) is 2.53. The van der Waals surface area contributed by atoms with Crippen LogP contribution in [0.4, 0.5) is 5.69 Å². The topological polar surface area (TPSA) is 71.1 Å². The molecule has 6 heteroatoms. The summed E-state index contributed by atoms with van der Waals surface area (Å²) < 4.78 is 6.13. The number of oxime groups is 1. The Morgan fingerprint density at radius 2 is 2.12 bits per heavy atom. The van der Waals surface area contributed by atoms with Gasteiger partial charge in [0, 0.05) is 23.2 Å². The lowest BCUT2D eigenvalue weighted by Gasteiger charge is -2.30. The molecule has 0 amide bonds. The van der Waals surface area contributed by atoms with E-state index < -0.39 is 0 Å². The Morgan fingerprint density at radius 3 is 2.76 bits per heavy atom. The number of hydrogen-bond acceptors (Lipinski definition) is 4. The molecule has 0 aromatic heterocycles. The molecule has 0 atom stereocenters. The van der Waals surface area contributed by atoms with Gasteiger partial charge in [-0.3, -0.25) is 0 Å². The number of morpholine rings is 1. The summed E-state index contributed by atoms with van der Waals surface area (Å²) in [6.07, 6.45) is 0. The van der Waals surface area contributed by atoms with Crippen LogP contribution in [0.2, 0.25) is 0 Å². The highest BCUT2D eigenvalue weighted by molar-refractivity contribution is 9.10. The largest absolute Gasteiger partial charge is 0.409 e. The molecule has 3 N–H and O–H groups in total. The van der Waals surface area contributed by atoms with E-state index in [1.807, 2.05) is 18.2 Å². The normalized spacial score (nSPS) is 17.2. The number of benzene rings is 1. The third-order valence-corrected chi connectivity index (χ3v) is 3.37. The van der Waals surface area contributed by atoms with Gasteiger partial charge in [0.05, 0.1) is 18.8 Å². The van der Waals surface area contributed by atoms with Crippen molar-refractivity contribution in [1.82, 2.24) is 0 Å². The molecule has 1 saturated heterocycles. The molecule has 5 nitrogen and oxygen atoms in total. The molecule has 0 aliphatic carbocycles. The van der Waals surface area contributed by atoms with E-state index in [0.29, 0.717) is 13.2 Å². The Labute approximate surface area is 108 Å². The van der Waals surface area contributed by atoms with Gasteiger partial charge in [0.1, 0.15) is 0 Å². The molecular weight excluding hydrogens is 286 g/mol. The first kappa shape index (κ1) is 12.2. The zero-order chi connectivity index (χ0) is 12.3. The number of hydrogen-bond donors (Lipinski definition) is 2. The van der Waals surface area contributed by atoms with Crippen LogP contribution in [0.1, 0.15) is 5.56 Å². The molecule has 1 heterocycles. The minimum absolute atomic E-state index is 0.110. The van der Waals surface area contributed by atoms with Gasteiger partial charge in [0.2, 0.25) is 0 Å². The monoisotopic (exact) mass is 299 g/mol. The van der Waals surface area contributed by atoms with E-state index in [1.165, 1.54) is 0 Å². The lowest BCUT2D eigenvalue weighted by atomic mass is 10.1. The Bertz CT molecular complexity index is 431. The van der Waals surface area contributed by atoms with Crippen molar-refractivity contribution >= 4 is 27.5 Å². The zero-order valence-corrected chi connectivity index (χ0v) is 10.9. The summed E-state index contributed by atoms with van der Waals surface area (Å²) >= 11 is 3.43. The lowest BCUT2D eigenvalue weighted by molar-refractivity contribution is 0.122. The number of nitrogens with zero attached hydrogens (tertiary/aromatic N) is 2. The Balaban J connectivity index is 2.41. The Hall–Kier alpha value is -1.27. The van der Waals surface area contributed by atoms with E-state index >= 15 is 0 Å². The molecule has 1 fully saturated rings. The molecule has 1 aromatic rings. The third-order valence-electron chi connectivity index (χ3n) is 2.71. The summed E-state index contributed by atoms with van der Waals surface area (Å²) in [6.45, 7) is 3.01. The molecule has 2 rings (SSSR count). The van der Waals surface area contributed by atoms with E-state index in [2.05, 4.69) is 26.0 Å². The van der Waals surface area contributed by atoms with Gasteiger partial charge < -0.3 is 20.6 Å². The molecule has 1 aliphatic rings. The van der Waals surface area contributed by atoms with Crippen LogP contribution in [0, 0.1) is 0 Å². The van der Waals surface area contributed by atoms with Crippen molar-refractivity contribution in [2.24, 2.45) is 10.9 Å². The number of anilines is 1. The molecule has 1 aromatic carbocycles. The summed E-state index contributed by atoms with van der Waals surface area (Å²) in [5, 5.41) is 11.9. The summed E-state index contributed by atoms with van der Waals surface area (Å²) in [5.41, 5.74) is 7.39. The molecule has 0 saturated carbocycles. The van der Waals surface area contributed by atoms with E-state index in [0.717, 1.165) is 28.8 Å². The minimum atomic E-state index is 0.110. The summed E-state index contributed by atoms with van der Waals surface area (Å²) in [4.78, 5) is 2.17. The molecular formula is C11H14BrN3O2. The van der Waals surface area contributed by atoms with Gasteiger partial charge >= 0.3 is 0 Å². The van der Waals surface area contributed by atoms with Gasteiger partial charge in [0.15, 0.2) is 5.84 Å². The van der Waals surface area contributed by atoms with Crippen LogP contribution < -0.4 is 10.6 Å². The maximum atomic E-state index is 8.83. The highest BCUT2D eigenvalue weighted by Gasteiger charge is 2.18. The second-order valence-electron chi connectivity index (χ2n) is 3.72. The SMILES string of the molecule is N/C(=N/O)c1c(Br)cccc1N1CCOCC1. The quantitative estimate of drug-likeness (QED) is 0.375. The lowest BCUT2D eigenvalue weighted by Crippen LogP contribution is -2.37. The van der Waals surface area contributed by atoms with Gasteiger partial charge in [-0.1, -0.05) is 11.2 Å². The highest BCUT2D eigenvalue weighted by atomic mass is 79.9. The minimum Gasteiger partial charge on any atom is -0.409 e. The van der Waals surface area contributed by atoms with Crippen LogP contribution in [0.3, 0.4) is 0 Å². The van der Waals surface area contributed by atoms with E-state index in [-0.39, 0.29) is 5.84 Å². The van der Waals surface area contributed by atoms with Gasteiger partial charge in [-0.05, 0) is 28.1 Å². The van der Waals surface area contributed by atoms with Gasteiger partial charge in [-0.2, -0.15) is 0 Å². The summed E-state index contributed by atoms with van der Waals surface area (Å²) in [6, 6.07) is 5.77. The maximum Gasteiger partial charge on any atom is 0.173 e. The van der Waals surface area contributed by atoms with Crippen molar-refractivity contribution in [3.05, 3.63) is 28.2 Å². The molecule has 0 unspecified atom stereocenters. The van der Waals surface area contributed by atoms with E-state index in [9.17, 15) is 0 Å². The summed E-state index contributed by atoms with van der Waals surface area (Å²) in [5.74, 6) is 0.110. The van der Waals surface area contributed by atoms with Crippen LogP contribution in [0.25, 0.3) is 0 Å². The second-order valence-corrected chi connectivity index (χ2v) is 4.57. The average molecular weight is 300 g/mol. The van der Waals surface area contributed by atoms with Crippen LogP contribution in [0.15, 0.2) is 27.8 Å². The van der Waals surface area contributed by atoms with Crippen LogP contribution in [0.5, 0.6) is 0 Å². The van der Waals surface area contributed by atoms with Crippen molar-refractivity contribution in [2.45, 2.75) is 0 Å². The molecule has 0 spiro atoms. The number of halogens is 1. The first-order valence-electron chi connectivity index (χ1n) is 5.33. The van der Waals surface area contributed by atoms with Crippen LogP contribution >= 0.6 is 15.9 Å². The number of amidine groups is 1.